The number of aliphatic hydroxyl groups excluding tert-OH is 1. The topological polar surface area (TPSA) is 33.1 Å². The van der Waals surface area contributed by atoms with E-state index in [-0.39, 0.29) is 6.10 Å². The summed E-state index contributed by atoms with van der Waals surface area (Å²) in [6.07, 6.45) is 3.87. The van der Waals surface area contributed by atoms with Crippen LogP contribution in [0.3, 0.4) is 0 Å². The Hall–Kier alpha value is -0.160. The molecule has 0 aliphatic carbocycles. The van der Waals surface area contributed by atoms with Gasteiger partial charge in [-0.15, -0.1) is 0 Å². The molecule has 0 bridgehead atoms. The predicted octanol–water partition coefficient (Wildman–Crippen LogP) is 1.94. The number of pyridine rings is 1. The van der Waals surface area contributed by atoms with E-state index < -0.39 is 0 Å². The number of nitrogens with zero attached hydrogens (tertiary/aromatic N) is 1. The lowest BCUT2D eigenvalue weighted by atomic mass is 10.1. The van der Waals surface area contributed by atoms with Crippen molar-refractivity contribution in [3.05, 3.63) is 30.1 Å². The third-order valence-corrected chi connectivity index (χ3v) is 2.07. The summed E-state index contributed by atoms with van der Waals surface area (Å²) in [5.41, 5.74) is 0.907. The van der Waals surface area contributed by atoms with Gasteiger partial charge in [0.15, 0.2) is 0 Å². The SMILES string of the molecule is OC(CCI)c1cccnc1. The highest BCUT2D eigenvalue weighted by molar-refractivity contribution is 14.1. The van der Waals surface area contributed by atoms with Gasteiger partial charge < -0.3 is 5.11 Å². The lowest BCUT2D eigenvalue weighted by Gasteiger charge is -2.06. The van der Waals surface area contributed by atoms with Gasteiger partial charge >= 0.3 is 0 Å². The van der Waals surface area contributed by atoms with Crippen LogP contribution in [-0.4, -0.2) is 14.5 Å². The van der Waals surface area contributed by atoms with Crippen LogP contribution in [0.2, 0.25) is 0 Å². The van der Waals surface area contributed by atoms with Gasteiger partial charge in [0.2, 0.25) is 0 Å². The molecule has 0 aliphatic heterocycles. The molecule has 3 heteroatoms. The largest absolute Gasteiger partial charge is 0.388 e. The average Bonchev–Trinajstić information content (AvgIpc) is 2.07. The fraction of sp³-hybridized carbons (Fsp3) is 0.375. The fourth-order valence-electron chi connectivity index (χ4n) is 0.843. The minimum Gasteiger partial charge on any atom is -0.388 e. The maximum atomic E-state index is 9.48. The molecule has 0 aliphatic rings. The number of hydrogen-bond donors (Lipinski definition) is 1. The molecule has 1 N–H and O–H groups in total. The minimum atomic E-state index is -0.347. The second-order valence-electron chi connectivity index (χ2n) is 2.28. The first kappa shape index (κ1) is 8.93. The Morgan fingerprint density at radius 3 is 3.00 bits per heavy atom. The van der Waals surface area contributed by atoms with Gasteiger partial charge in [-0.25, -0.2) is 0 Å². The number of alkyl halides is 1. The van der Waals surface area contributed by atoms with Gasteiger partial charge in [0.05, 0.1) is 6.10 Å². The summed E-state index contributed by atoms with van der Waals surface area (Å²) in [6, 6.07) is 3.73. The lowest BCUT2D eigenvalue weighted by molar-refractivity contribution is 0.175. The molecule has 1 unspecified atom stereocenters. The number of rotatable bonds is 3. The Morgan fingerprint density at radius 1 is 1.64 bits per heavy atom. The number of hydrogen-bond acceptors (Lipinski definition) is 2. The zero-order valence-electron chi connectivity index (χ0n) is 6.07. The molecule has 60 valence electrons. The summed E-state index contributed by atoms with van der Waals surface area (Å²) < 4.78 is 0.966. The van der Waals surface area contributed by atoms with Crippen molar-refractivity contribution in [2.45, 2.75) is 12.5 Å². The summed E-state index contributed by atoms with van der Waals surface area (Å²) in [7, 11) is 0. The quantitative estimate of drug-likeness (QED) is 0.667. The standard InChI is InChI=1S/C8H10INO/c9-4-3-8(11)7-2-1-5-10-6-7/h1-2,5-6,8,11H,3-4H2. The van der Waals surface area contributed by atoms with Gasteiger partial charge in [-0.3, -0.25) is 4.98 Å². The first-order chi connectivity index (χ1) is 5.34. The molecule has 0 aromatic carbocycles. The molecular weight excluding hydrogens is 253 g/mol. The van der Waals surface area contributed by atoms with Gasteiger partial charge in [0.1, 0.15) is 0 Å². The Morgan fingerprint density at radius 2 is 2.45 bits per heavy atom. The maximum Gasteiger partial charge on any atom is 0.0812 e. The molecule has 0 fully saturated rings. The summed E-state index contributed by atoms with van der Waals surface area (Å²) in [6.45, 7) is 0. The van der Waals surface area contributed by atoms with Crippen LogP contribution in [0.15, 0.2) is 24.5 Å². The highest BCUT2D eigenvalue weighted by Crippen LogP contribution is 2.15. The molecule has 0 saturated heterocycles. The van der Waals surface area contributed by atoms with E-state index in [9.17, 15) is 5.11 Å². The zero-order valence-corrected chi connectivity index (χ0v) is 8.23. The Balaban J connectivity index is 2.61. The molecule has 0 spiro atoms. The highest BCUT2D eigenvalue weighted by Gasteiger charge is 2.04. The first-order valence-electron chi connectivity index (χ1n) is 3.48. The van der Waals surface area contributed by atoms with Crippen LogP contribution in [0.25, 0.3) is 0 Å². The monoisotopic (exact) mass is 263 g/mol. The second-order valence-corrected chi connectivity index (χ2v) is 3.36. The van der Waals surface area contributed by atoms with Gasteiger partial charge in [0, 0.05) is 16.8 Å². The van der Waals surface area contributed by atoms with E-state index >= 15 is 0 Å². The lowest BCUT2D eigenvalue weighted by Crippen LogP contribution is -1.97. The maximum absolute atomic E-state index is 9.48. The van der Waals surface area contributed by atoms with E-state index in [1.807, 2.05) is 12.1 Å². The molecular formula is C8H10INO. The molecule has 1 aromatic rings. The van der Waals surface area contributed by atoms with Crippen LogP contribution in [0.5, 0.6) is 0 Å². The van der Waals surface area contributed by atoms with Crippen LogP contribution in [0.4, 0.5) is 0 Å². The number of halogens is 1. The summed E-state index contributed by atoms with van der Waals surface area (Å²) in [5, 5.41) is 9.48. The van der Waals surface area contributed by atoms with Crippen LogP contribution in [0, 0.1) is 0 Å². The zero-order chi connectivity index (χ0) is 8.10. The van der Waals surface area contributed by atoms with E-state index in [0.717, 1.165) is 16.4 Å². The summed E-state index contributed by atoms with van der Waals surface area (Å²) >= 11 is 2.25. The van der Waals surface area contributed by atoms with Crippen molar-refractivity contribution in [2.75, 3.05) is 4.43 Å². The molecule has 1 heterocycles. The van der Waals surface area contributed by atoms with Crippen LogP contribution in [-0.2, 0) is 0 Å². The molecule has 0 saturated carbocycles. The van der Waals surface area contributed by atoms with Crippen molar-refractivity contribution in [1.29, 1.82) is 0 Å². The Bertz CT molecular complexity index is 203. The molecule has 1 aromatic heterocycles. The Kier molecular flexibility index (Phi) is 3.79. The smallest absolute Gasteiger partial charge is 0.0812 e. The van der Waals surface area contributed by atoms with Gasteiger partial charge in [-0.1, -0.05) is 28.7 Å². The fourth-order valence-corrected chi connectivity index (χ4v) is 1.43. The van der Waals surface area contributed by atoms with E-state index in [1.54, 1.807) is 12.4 Å². The summed E-state index contributed by atoms with van der Waals surface area (Å²) in [5.74, 6) is 0. The van der Waals surface area contributed by atoms with Gasteiger partial charge in [-0.2, -0.15) is 0 Å². The number of aliphatic hydroxyl groups is 1. The second kappa shape index (κ2) is 4.66. The van der Waals surface area contributed by atoms with Crippen LogP contribution >= 0.6 is 22.6 Å². The predicted molar refractivity (Wildman–Crippen MR) is 52.7 cm³/mol. The molecule has 1 rings (SSSR count). The molecule has 2 nitrogen and oxygen atoms in total. The van der Waals surface area contributed by atoms with Gasteiger partial charge in [-0.05, 0) is 18.1 Å². The van der Waals surface area contributed by atoms with Crippen molar-refractivity contribution >= 4 is 22.6 Å². The van der Waals surface area contributed by atoms with Crippen molar-refractivity contribution in [3.63, 3.8) is 0 Å². The van der Waals surface area contributed by atoms with Crippen LogP contribution in [0.1, 0.15) is 18.1 Å². The molecule has 0 amide bonds. The normalized spacial score (nSPS) is 12.9. The first-order valence-corrected chi connectivity index (χ1v) is 5.01. The highest BCUT2D eigenvalue weighted by atomic mass is 127. The van der Waals surface area contributed by atoms with E-state index in [1.165, 1.54) is 0 Å². The number of aromatic nitrogens is 1. The van der Waals surface area contributed by atoms with E-state index in [2.05, 4.69) is 27.6 Å². The van der Waals surface area contributed by atoms with Crippen LogP contribution < -0.4 is 0 Å². The van der Waals surface area contributed by atoms with E-state index in [4.69, 9.17) is 0 Å². The van der Waals surface area contributed by atoms with Crippen molar-refractivity contribution < 1.29 is 5.11 Å². The van der Waals surface area contributed by atoms with E-state index in [0.29, 0.717) is 0 Å². The molecule has 1 atom stereocenters. The van der Waals surface area contributed by atoms with Gasteiger partial charge in [0.25, 0.3) is 0 Å². The minimum absolute atomic E-state index is 0.347. The average molecular weight is 263 g/mol. The molecule has 0 radical (unpaired) electrons. The van der Waals surface area contributed by atoms with Crippen molar-refractivity contribution in [1.82, 2.24) is 4.98 Å². The molecule has 11 heavy (non-hydrogen) atoms. The summed E-state index contributed by atoms with van der Waals surface area (Å²) in [4.78, 5) is 3.93. The Labute approximate surface area is 79.8 Å². The van der Waals surface area contributed by atoms with Crippen molar-refractivity contribution in [2.24, 2.45) is 0 Å². The third-order valence-electron chi connectivity index (χ3n) is 1.45. The third kappa shape index (κ3) is 2.75. The van der Waals surface area contributed by atoms with Crippen molar-refractivity contribution in [3.8, 4) is 0 Å².